The summed E-state index contributed by atoms with van der Waals surface area (Å²) < 4.78 is 17.6. The maximum absolute atomic E-state index is 12.7. The van der Waals surface area contributed by atoms with Crippen LogP contribution in [0, 0.1) is 5.82 Å². The first-order valence-electron chi connectivity index (χ1n) is 5.26. The van der Waals surface area contributed by atoms with Gasteiger partial charge in [-0.3, -0.25) is 4.79 Å². The van der Waals surface area contributed by atoms with Crippen LogP contribution in [0.4, 0.5) is 10.1 Å². The van der Waals surface area contributed by atoms with E-state index >= 15 is 0 Å². The predicted molar refractivity (Wildman–Crippen MR) is 65.1 cm³/mol. The van der Waals surface area contributed by atoms with E-state index in [1.165, 1.54) is 37.6 Å². The van der Waals surface area contributed by atoms with Gasteiger partial charge in [0.2, 0.25) is 5.88 Å². The predicted octanol–water partition coefficient (Wildman–Crippen LogP) is 2.48. The van der Waals surface area contributed by atoms with Crippen LogP contribution >= 0.6 is 0 Å². The first-order chi connectivity index (χ1) is 8.69. The third-order valence-electron chi connectivity index (χ3n) is 2.31. The zero-order valence-electron chi connectivity index (χ0n) is 9.68. The first-order valence-corrected chi connectivity index (χ1v) is 5.26. The van der Waals surface area contributed by atoms with E-state index in [0.29, 0.717) is 17.1 Å². The summed E-state index contributed by atoms with van der Waals surface area (Å²) in [4.78, 5) is 15.7. The number of anilines is 1. The van der Waals surface area contributed by atoms with Gasteiger partial charge in [-0.25, -0.2) is 9.37 Å². The Morgan fingerprint density at radius 2 is 1.94 bits per heavy atom. The number of benzene rings is 1. The van der Waals surface area contributed by atoms with Gasteiger partial charge in [-0.1, -0.05) is 0 Å². The van der Waals surface area contributed by atoms with Crippen molar-refractivity contribution in [3.8, 4) is 5.88 Å². The lowest BCUT2D eigenvalue weighted by Crippen LogP contribution is -2.11. The number of methoxy groups -OCH3 is 1. The molecule has 0 bridgehead atoms. The lowest BCUT2D eigenvalue weighted by molar-refractivity contribution is 0.102. The summed E-state index contributed by atoms with van der Waals surface area (Å²) in [7, 11) is 1.51. The van der Waals surface area contributed by atoms with Crippen molar-refractivity contribution in [2.75, 3.05) is 12.4 Å². The summed E-state index contributed by atoms with van der Waals surface area (Å²) in [6.45, 7) is 0. The molecule has 2 aromatic rings. The molecule has 0 saturated carbocycles. The number of pyridine rings is 1. The molecule has 2 rings (SSSR count). The molecule has 1 N–H and O–H groups in total. The summed E-state index contributed by atoms with van der Waals surface area (Å²) in [6, 6.07) is 8.62. The van der Waals surface area contributed by atoms with Gasteiger partial charge in [0, 0.05) is 11.6 Å². The molecule has 1 aromatic heterocycles. The second kappa shape index (κ2) is 5.27. The average molecular weight is 246 g/mol. The molecule has 4 nitrogen and oxygen atoms in total. The highest BCUT2D eigenvalue weighted by molar-refractivity contribution is 6.04. The zero-order chi connectivity index (χ0) is 13.0. The lowest BCUT2D eigenvalue weighted by atomic mass is 10.2. The smallest absolute Gasteiger partial charge is 0.255 e. The number of rotatable bonds is 3. The highest BCUT2D eigenvalue weighted by Crippen LogP contribution is 2.12. The highest BCUT2D eigenvalue weighted by Gasteiger charge is 2.06. The molecule has 0 radical (unpaired) electrons. The molecule has 1 aromatic carbocycles. The van der Waals surface area contributed by atoms with Crippen molar-refractivity contribution in [3.63, 3.8) is 0 Å². The molecule has 18 heavy (non-hydrogen) atoms. The number of carbonyl (C=O) groups is 1. The Morgan fingerprint density at radius 3 is 2.50 bits per heavy atom. The molecular formula is C13H11FN2O2. The maximum atomic E-state index is 12.7. The second-order valence-electron chi connectivity index (χ2n) is 3.55. The minimum Gasteiger partial charge on any atom is -0.481 e. The number of aromatic nitrogens is 1. The fraction of sp³-hybridized carbons (Fsp3) is 0.0769. The zero-order valence-corrected chi connectivity index (χ0v) is 9.68. The van der Waals surface area contributed by atoms with Gasteiger partial charge in [0.05, 0.1) is 19.0 Å². The molecule has 0 aliphatic carbocycles. The number of carbonyl (C=O) groups excluding carboxylic acids is 1. The van der Waals surface area contributed by atoms with Crippen LogP contribution in [-0.4, -0.2) is 18.0 Å². The molecule has 1 amide bonds. The summed E-state index contributed by atoms with van der Waals surface area (Å²) in [6.07, 6.45) is 1.49. The van der Waals surface area contributed by atoms with Crippen LogP contribution in [0.25, 0.3) is 0 Å². The molecular weight excluding hydrogens is 235 g/mol. The quantitative estimate of drug-likeness (QED) is 0.905. The molecule has 0 aliphatic heterocycles. The minimum atomic E-state index is -0.377. The Hall–Kier alpha value is -2.43. The van der Waals surface area contributed by atoms with Crippen molar-refractivity contribution in [2.45, 2.75) is 0 Å². The normalized spacial score (nSPS) is 9.89. The monoisotopic (exact) mass is 246 g/mol. The Morgan fingerprint density at radius 1 is 1.22 bits per heavy atom. The minimum absolute atomic E-state index is 0.318. The number of hydrogen-bond acceptors (Lipinski definition) is 3. The van der Waals surface area contributed by atoms with Gasteiger partial charge in [0.15, 0.2) is 0 Å². The maximum Gasteiger partial charge on any atom is 0.255 e. The second-order valence-corrected chi connectivity index (χ2v) is 3.55. The van der Waals surface area contributed by atoms with Crippen molar-refractivity contribution in [3.05, 3.63) is 54.0 Å². The van der Waals surface area contributed by atoms with Crippen molar-refractivity contribution in [1.29, 1.82) is 0 Å². The number of nitrogens with one attached hydrogen (secondary N) is 1. The lowest BCUT2D eigenvalue weighted by Gasteiger charge is -2.05. The first kappa shape index (κ1) is 12.0. The van der Waals surface area contributed by atoms with E-state index in [2.05, 4.69) is 10.3 Å². The van der Waals surface area contributed by atoms with Gasteiger partial charge < -0.3 is 10.1 Å². The van der Waals surface area contributed by atoms with Crippen molar-refractivity contribution < 1.29 is 13.9 Å². The molecule has 0 atom stereocenters. The van der Waals surface area contributed by atoms with Crippen LogP contribution in [0.3, 0.4) is 0 Å². The van der Waals surface area contributed by atoms with Gasteiger partial charge in [-0.2, -0.15) is 0 Å². The molecule has 0 fully saturated rings. The highest BCUT2D eigenvalue weighted by atomic mass is 19.1. The SMILES string of the molecule is COc1ccc(NC(=O)c2ccc(F)cc2)cn1. The summed E-state index contributed by atoms with van der Waals surface area (Å²) in [5, 5.41) is 2.65. The molecule has 5 heteroatoms. The summed E-state index contributed by atoms with van der Waals surface area (Å²) in [5.41, 5.74) is 0.928. The van der Waals surface area contributed by atoms with Gasteiger partial charge in [0.1, 0.15) is 5.82 Å². The van der Waals surface area contributed by atoms with Crippen molar-refractivity contribution >= 4 is 11.6 Å². The average Bonchev–Trinajstić information content (AvgIpc) is 2.40. The summed E-state index contributed by atoms with van der Waals surface area (Å²) >= 11 is 0. The Kier molecular flexibility index (Phi) is 3.52. The molecule has 1 heterocycles. The van der Waals surface area contributed by atoms with E-state index in [9.17, 15) is 9.18 Å². The largest absolute Gasteiger partial charge is 0.481 e. The van der Waals surface area contributed by atoms with Gasteiger partial charge in [-0.05, 0) is 30.3 Å². The molecule has 92 valence electrons. The van der Waals surface area contributed by atoms with Crippen LogP contribution < -0.4 is 10.1 Å². The van der Waals surface area contributed by atoms with Crippen molar-refractivity contribution in [2.24, 2.45) is 0 Å². The fourth-order valence-electron chi connectivity index (χ4n) is 1.38. The van der Waals surface area contributed by atoms with E-state index < -0.39 is 0 Å². The van der Waals surface area contributed by atoms with Crippen LogP contribution in [0.2, 0.25) is 0 Å². The van der Waals surface area contributed by atoms with Crippen LogP contribution in [0.1, 0.15) is 10.4 Å². The Balaban J connectivity index is 2.08. The van der Waals surface area contributed by atoms with Crippen LogP contribution in [-0.2, 0) is 0 Å². The van der Waals surface area contributed by atoms with E-state index in [1.54, 1.807) is 12.1 Å². The van der Waals surface area contributed by atoms with Gasteiger partial charge in [0.25, 0.3) is 5.91 Å². The Labute approximate surface area is 103 Å². The van der Waals surface area contributed by atoms with E-state index in [1.807, 2.05) is 0 Å². The molecule has 0 aliphatic rings. The molecule has 0 spiro atoms. The number of hydrogen-bond donors (Lipinski definition) is 1. The molecule has 0 saturated heterocycles. The molecule has 0 unspecified atom stereocenters. The van der Waals surface area contributed by atoms with E-state index in [-0.39, 0.29) is 11.7 Å². The third kappa shape index (κ3) is 2.82. The van der Waals surface area contributed by atoms with Crippen LogP contribution in [0.5, 0.6) is 5.88 Å². The van der Waals surface area contributed by atoms with Crippen LogP contribution in [0.15, 0.2) is 42.6 Å². The fourth-order valence-corrected chi connectivity index (χ4v) is 1.38. The summed E-state index contributed by atoms with van der Waals surface area (Å²) in [5.74, 6) is -0.227. The number of halogens is 1. The number of amides is 1. The van der Waals surface area contributed by atoms with Crippen molar-refractivity contribution in [1.82, 2.24) is 4.98 Å². The van der Waals surface area contributed by atoms with E-state index in [0.717, 1.165) is 0 Å². The third-order valence-corrected chi connectivity index (χ3v) is 2.31. The van der Waals surface area contributed by atoms with E-state index in [4.69, 9.17) is 4.74 Å². The topological polar surface area (TPSA) is 51.2 Å². The van der Waals surface area contributed by atoms with Gasteiger partial charge in [-0.15, -0.1) is 0 Å². The Bertz CT molecular complexity index is 538. The number of ether oxygens (including phenoxy) is 1. The number of nitrogens with zero attached hydrogens (tertiary/aromatic N) is 1. The standard InChI is InChI=1S/C13H11FN2O2/c1-18-12-7-6-11(8-15-12)16-13(17)9-2-4-10(14)5-3-9/h2-8H,1H3,(H,16,17). The van der Waals surface area contributed by atoms with Gasteiger partial charge >= 0.3 is 0 Å².